The third-order valence-corrected chi connectivity index (χ3v) is 4.66. The molecule has 2 nitrogen and oxygen atoms in total. The Morgan fingerprint density at radius 2 is 1.40 bits per heavy atom. The van der Waals surface area contributed by atoms with Crippen molar-refractivity contribution in [2.45, 2.75) is 12.8 Å². The third kappa shape index (κ3) is 1.39. The van der Waals surface area contributed by atoms with Crippen LogP contribution in [-0.4, -0.2) is 11.6 Å². The molecular weight excluding hydrogens is 248 g/mol. The summed E-state index contributed by atoms with van der Waals surface area (Å²) < 4.78 is 0. The molecule has 4 rings (SSSR count). The molecule has 1 saturated carbocycles. The van der Waals surface area contributed by atoms with Gasteiger partial charge < -0.3 is 0 Å². The zero-order valence-electron chi connectivity index (χ0n) is 11.0. The molecule has 0 aliphatic heterocycles. The second-order valence-corrected chi connectivity index (χ2v) is 5.77. The van der Waals surface area contributed by atoms with E-state index in [4.69, 9.17) is 0 Å². The molecule has 1 fully saturated rings. The van der Waals surface area contributed by atoms with Crippen LogP contribution in [0.1, 0.15) is 32.7 Å². The first-order valence-electron chi connectivity index (χ1n) is 6.96. The summed E-state index contributed by atoms with van der Waals surface area (Å²) in [5.41, 5.74) is 1.70. The normalized spacial score (nSPS) is 22.1. The van der Waals surface area contributed by atoms with E-state index in [2.05, 4.69) is 12.1 Å². The highest BCUT2D eigenvalue weighted by Gasteiger charge is 2.68. The van der Waals surface area contributed by atoms with Crippen LogP contribution < -0.4 is 0 Å². The van der Waals surface area contributed by atoms with E-state index in [1.165, 1.54) is 5.56 Å². The van der Waals surface area contributed by atoms with Crippen molar-refractivity contribution in [2.75, 3.05) is 0 Å². The smallest absolute Gasteiger partial charge is 0.177 e. The van der Waals surface area contributed by atoms with Gasteiger partial charge in [-0.1, -0.05) is 54.6 Å². The van der Waals surface area contributed by atoms with E-state index < -0.39 is 5.41 Å². The molecule has 98 valence electrons. The molecule has 2 aliphatic rings. The van der Waals surface area contributed by atoms with E-state index in [0.717, 1.165) is 6.42 Å². The van der Waals surface area contributed by atoms with Gasteiger partial charge in [-0.25, -0.2) is 0 Å². The molecule has 2 aromatic carbocycles. The summed E-state index contributed by atoms with van der Waals surface area (Å²) in [5, 5.41) is 0. The molecule has 0 amide bonds. The van der Waals surface area contributed by atoms with Gasteiger partial charge in [-0.15, -0.1) is 0 Å². The van der Waals surface area contributed by atoms with Crippen molar-refractivity contribution in [3.8, 4) is 0 Å². The van der Waals surface area contributed by atoms with Gasteiger partial charge >= 0.3 is 0 Å². The summed E-state index contributed by atoms with van der Waals surface area (Å²) >= 11 is 0. The van der Waals surface area contributed by atoms with Crippen molar-refractivity contribution in [3.63, 3.8) is 0 Å². The molecule has 0 heterocycles. The maximum Gasteiger partial charge on any atom is 0.177 e. The number of hydrogen-bond donors (Lipinski definition) is 0. The highest BCUT2D eigenvalue weighted by molar-refractivity contribution is 6.31. The lowest BCUT2D eigenvalue weighted by atomic mass is 9.94. The van der Waals surface area contributed by atoms with E-state index in [1.807, 2.05) is 30.3 Å². The highest BCUT2D eigenvalue weighted by Crippen LogP contribution is 2.61. The Hall–Kier alpha value is -2.22. The Morgan fingerprint density at radius 3 is 2.00 bits per heavy atom. The molecule has 20 heavy (non-hydrogen) atoms. The van der Waals surface area contributed by atoms with Crippen LogP contribution in [0.3, 0.4) is 0 Å². The van der Waals surface area contributed by atoms with E-state index in [9.17, 15) is 9.59 Å². The summed E-state index contributed by atoms with van der Waals surface area (Å²) in [4.78, 5) is 25.1. The lowest BCUT2D eigenvalue weighted by Gasteiger charge is -2.06. The second-order valence-electron chi connectivity index (χ2n) is 5.77. The number of carbonyl (C=O) groups is 2. The summed E-state index contributed by atoms with van der Waals surface area (Å²) in [6.07, 6.45) is 1.51. The van der Waals surface area contributed by atoms with Crippen molar-refractivity contribution in [1.82, 2.24) is 0 Å². The first-order chi connectivity index (χ1) is 9.73. The first-order valence-corrected chi connectivity index (χ1v) is 6.96. The molecule has 0 N–H and O–H groups in total. The fraction of sp³-hybridized carbons (Fsp3) is 0.222. The van der Waals surface area contributed by atoms with Gasteiger partial charge in [0.05, 0.1) is 0 Å². The monoisotopic (exact) mass is 262 g/mol. The van der Waals surface area contributed by atoms with Crippen LogP contribution in [0.2, 0.25) is 0 Å². The molecule has 2 heteroatoms. The molecule has 1 spiro atoms. The Kier molecular flexibility index (Phi) is 2.25. The number of ketones is 2. The van der Waals surface area contributed by atoms with Gasteiger partial charge in [0, 0.05) is 11.1 Å². The van der Waals surface area contributed by atoms with Crippen molar-refractivity contribution in [1.29, 1.82) is 0 Å². The Balaban J connectivity index is 1.66. The minimum absolute atomic E-state index is 0.0408. The molecule has 0 radical (unpaired) electrons. The molecule has 0 bridgehead atoms. The highest BCUT2D eigenvalue weighted by atomic mass is 16.2. The van der Waals surface area contributed by atoms with E-state index >= 15 is 0 Å². The zero-order valence-corrected chi connectivity index (χ0v) is 11.0. The van der Waals surface area contributed by atoms with E-state index in [-0.39, 0.29) is 17.5 Å². The zero-order chi connectivity index (χ0) is 13.7. The van der Waals surface area contributed by atoms with Crippen LogP contribution in [0.15, 0.2) is 54.6 Å². The van der Waals surface area contributed by atoms with Crippen LogP contribution in [0.4, 0.5) is 0 Å². The van der Waals surface area contributed by atoms with E-state index in [0.29, 0.717) is 17.5 Å². The van der Waals surface area contributed by atoms with Crippen LogP contribution in [-0.2, 0) is 6.42 Å². The van der Waals surface area contributed by atoms with Gasteiger partial charge in [-0.2, -0.15) is 0 Å². The number of fused-ring (bicyclic) bond motifs is 1. The molecule has 1 atom stereocenters. The van der Waals surface area contributed by atoms with Gasteiger partial charge in [0.1, 0.15) is 5.41 Å². The van der Waals surface area contributed by atoms with Gasteiger partial charge in [0.2, 0.25) is 0 Å². The molecule has 2 aliphatic carbocycles. The fourth-order valence-electron chi connectivity index (χ4n) is 3.49. The van der Waals surface area contributed by atoms with Crippen molar-refractivity contribution < 1.29 is 9.59 Å². The Bertz CT molecular complexity index is 680. The molecule has 0 aromatic heterocycles. The minimum atomic E-state index is -0.737. The van der Waals surface area contributed by atoms with Crippen LogP contribution in [0.25, 0.3) is 0 Å². The SMILES string of the molecule is O=C1c2ccccc2C(=O)C12CC2Cc1ccccc1. The summed E-state index contributed by atoms with van der Waals surface area (Å²) in [6.45, 7) is 0. The molecule has 2 aromatic rings. The van der Waals surface area contributed by atoms with E-state index in [1.54, 1.807) is 12.1 Å². The standard InChI is InChI=1S/C18H14O2/c19-16-14-8-4-5-9-15(14)17(20)18(16)11-13(18)10-12-6-2-1-3-7-12/h1-9,13H,10-11H2. The average molecular weight is 262 g/mol. The topological polar surface area (TPSA) is 34.1 Å². The maximum absolute atomic E-state index is 12.6. The minimum Gasteiger partial charge on any atom is -0.293 e. The summed E-state index contributed by atoms with van der Waals surface area (Å²) in [6, 6.07) is 17.3. The fourth-order valence-corrected chi connectivity index (χ4v) is 3.49. The van der Waals surface area contributed by atoms with Crippen LogP contribution in [0.5, 0.6) is 0 Å². The molecule has 0 saturated heterocycles. The average Bonchev–Trinajstić information content (AvgIpc) is 3.17. The van der Waals surface area contributed by atoms with Gasteiger partial charge in [-0.3, -0.25) is 9.59 Å². The maximum atomic E-state index is 12.6. The largest absolute Gasteiger partial charge is 0.293 e. The number of benzene rings is 2. The van der Waals surface area contributed by atoms with Crippen molar-refractivity contribution >= 4 is 11.6 Å². The van der Waals surface area contributed by atoms with Crippen molar-refractivity contribution in [3.05, 3.63) is 71.3 Å². The van der Waals surface area contributed by atoms with Gasteiger partial charge in [-0.05, 0) is 24.3 Å². The predicted octanol–water partition coefficient (Wildman–Crippen LogP) is 3.31. The number of Topliss-reactive ketones (excluding diaryl/α,β-unsaturated/α-hetero) is 2. The van der Waals surface area contributed by atoms with Gasteiger partial charge in [0.25, 0.3) is 0 Å². The van der Waals surface area contributed by atoms with Crippen molar-refractivity contribution in [2.24, 2.45) is 11.3 Å². The third-order valence-electron chi connectivity index (χ3n) is 4.66. The van der Waals surface area contributed by atoms with Crippen LogP contribution >= 0.6 is 0 Å². The quantitative estimate of drug-likeness (QED) is 0.778. The number of rotatable bonds is 2. The summed E-state index contributed by atoms with van der Waals surface area (Å²) in [5.74, 6) is 0.246. The lowest BCUT2D eigenvalue weighted by molar-refractivity contribution is 0.0799. The molecule has 1 unspecified atom stereocenters. The number of carbonyl (C=O) groups excluding carboxylic acids is 2. The Morgan fingerprint density at radius 1 is 0.850 bits per heavy atom. The Labute approximate surface area is 117 Å². The first kappa shape index (κ1) is 11.6. The summed E-state index contributed by atoms with van der Waals surface area (Å²) in [7, 11) is 0. The number of hydrogen-bond acceptors (Lipinski definition) is 2. The second kappa shape index (κ2) is 3.89. The molecular formula is C18H14O2. The lowest BCUT2D eigenvalue weighted by Crippen LogP contribution is -2.20. The predicted molar refractivity (Wildman–Crippen MR) is 75.8 cm³/mol. The van der Waals surface area contributed by atoms with Crippen LogP contribution in [0, 0.1) is 11.3 Å². The van der Waals surface area contributed by atoms with Gasteiger partial charge in [0.15, 0.2) is 11.6 Å².